The van der Waals surface area contributed by atoms with E-state index in [0.717, 1.165) is 0 Å². The Hall–Kier alpha value is -1.62. The number of aromatic amines is 1. The Labute approximate surface area is 74.2 Å². The minimum atomic E-state index is -1.02. The first-order valence-corrected chi connectivity index (χ1v) is 3.76. The molecule has 0 aromatic carbocycles. The van der Waals surface area contributed by atoms with Crippen molar-refractivity contribution in [2.75, 3.05) is 0 Å². The molecule has 1 aromatic heterocycles. The standard InChI is InChI=1S/C8H10N2O3/c9-6(4-7(11)12)5-2-1-3-10-8(5)13/h1-3,6H,4,9H2,(H,10,13)(H,11,12). The molecule has 0 bridgehead atoms. The van der Waals surface area contributed by atoms with Gasteiger partial charge >= 0.3 is 5.97 Å². The second-order valence-corrected chi connectivity index (χ2v) is 2.66. The van der Waals surface area contributed by atoms with E-state index in [1.54, 1.807) is 6.07 Å². The second-order valence-electron chi connectivity index (χ2n) is 2.66. The quantitative estimate of drug-likeness (QED) is 0.605. The maximum Gasteiger partial charge on any atom is 0.305 e. The Morgan fingerprint density at radius 1 is 1.69 bits per heavy atom. The van der Waals surface area contributed by atoms with Gasteiger partial charge in [0.1, 0.15) is 0 Å². The minimum Gasteiger partial charge on any atom is -0.481 e. The minimum absolute atomic E-state index is 0.243. The molecule has 1 aromatic rings. The van der Waals surface area contributed by atoms with Crippen molar-refractivity contribution in [1.82, 2.24) is 4.98 Å². The molecule has 1 unspecified atom stereocenters. The molecular weight excluding hydrogens is 172 g/mol. The first-order chi connectivity index (χ1) is 6.11. The summed E-state index contributed by atoms with van der Waals surface area (Å²) in [5, 5.41) is 8.44. The molecule has 1 heterocycles. The Kier molecular flexibility index (Phi) is 2.81. The van der Waals surface area contributed by atoms with Crippen LogP contribution in [-0.4, -0.2) is 16.1 Å². The first-order valence-electron chi connectivity index (χ1n) is 3.76. The van der Waals surface area contributed by atoms with Gasteiger partial charge in [-0.1, -0.05) is 6.07 Å². The Morgan fingerprint density at radius 2 is 2.38 bits per heavy atom. The Balaban J connectivity index is 2.89. The van der Waals surface area contributed by atoms with Crippen molar-refractivity contribution < 1.29 is 9.90 Å². The maximum absolute atomic E-state index is 11.1. The van der Waals surface area contributed by atoms with Gasteiger partial charge in [-0.15, -0.1) is 0 Å². The first kappa shape index (κ1) is 9.47. The number of aromatic nitrogens is 1. The largest absolute Gasteiger partial charge is 0.481 e. The van der Waals surface area contributed by atoms with E-state index in [9.17, 15) is 9.59 Å². The van der Waals surface area contributed by atoms with Crippen LogP contribution in [0.15, 0.2) is 23.1 Å². The van der Waals surface area contributed by atoms with Gasteiger partial charge in [0.15, 0.2) is 0 Å². The fourth-order valence-electron chi connectivity index (χ4n) is 1.02. The summed E-state index contributed by atoms with van der Waals surface area (Å²) in [7, 11) is 0. The molecule has 0 aliphatic heterocycles. The van der Waals surface area contributed by atoms with Gasteiger partial charge in [-0.3, -0.25) is 9.59 Å². The SMILES string of the molecule is NC(CC(=O)O)c1ccc[nH]c1=O. The van der Waals surface area contributed by atoms with Gasteiger partial charge in [0.05, 0.1) is 6.42 Å². The summed E-state index contributed by atoms with van der Waals surface area (Å²) in [6.07, 6.45) is 1.23. The Bertz CT molecular complexity index is 358. The molecule has 0 saturated carbocycles. The number of carboxylic acid groups (broad SMARTS) is 1. The number of pyridine rings is 1. The number of H-pyrrole nitrogens is 1. The van der Waals surface area contributed by atoms with Crippen LogP contribution >= 0.6 is 0 Å². The zero-order chi connectivity index (χ0) is 9.84. The number of rotatable bonds is 3. The van der Waals surface area contributed by atoms with Gasteiger partial charge in [0.25, 0.3) is 5.56 Å². The van der Waals surface area contributed by atoms with E-state index in [2.05, 4.69) is 4.98 Å². The normalized spacial score (nSPS) is 12.4. The molecule has 0 spiro atoms. The summed E-state index contributed by atoms with van der Waals surface area (Å²) in [6, 6.07) is 2.38. The van der Waals surface area contributed by atoms with Crippen LogP contribution in [0.4, 0.5) is 0 Å². The molecule has 5 nitrogen and oxygen atoms in total. The molecule has 1 rings (SSSR count). The average molecular weight is 182 g/mol. The highest BCUT2D eigenvalue weighted by Gasteiger charge is 2.12. The molecule has 0 saturated heterocycles. The van der Waals surface area contributed by atoms with Gasteiger partial charge in [-0.05, 0) is 6.07 Å². The highest BCUT2D eigenvalue weighted by molar-refractivity contribution is 5.67. The highest BCUT2D eigenvalue weighted by atomic mass is 16.4. The number of nitrogens with two attached hydrogens (primary N) is 1. The summed E-state index contributed by atoms with van der Waals surface area (Å²) in [4.78, 5) is 23.8. The van der Waals surface area contributed by atoms with Gasteiger partial charge in [-0.25, -0.2) is 0 Å². The van der Waals surface area contributed by atoms with Crippen molar-refractivity contribution in [2.45, 2.75) is 12.5 Å². The van der Waals surface area contributed by atoms with E-state index in [1.165, 1.54) is 12.3 Å². The topological polar surface area (TPSA) is 96.2 Å². The van der Waals surface area contributed by atoms with Crippen molar-refractivity contribution in [3.63, 3.8) is 0 Å². The third kappa shape index (κ3) is 2.41. The van der Waals surface area contributed by atoms with E-state index < -0.39 is 12.0 Å². The molecule has 13 heavy (non-hydrogen) atoms. The lowest BCUT2D eigenvalue weighted by atomic mass is 10.1. The van der Waals surface area contributed by atoms with E-state index >= 15 is 0 Å². The summed E-state index contributed by atoms with van der Waals surface area (Å²) in [5.74, 6) is -1.02. The van der Waals surface area contributed by atoms with Crippen LogP contribution in [0.1, 0.15) is 18.0 Å². The van der Waals surface area contributed by atoms with Crippen LogP contribution in [-0.2, 0) is 4.79 Å². The predicted molar refractivity (Wildman–Crippen MR) is 46.2 cm³/mol. The third-order valence-corrected chi connectivity index (χ3v) is 1.64. The van der Waals surface area contributed by atoms with Crippen molar-refractivity contribution >= 4 is 5.97 Å². The highest BCUT2D eigenvalue weighted by Crippen LogP contribution is 2.07. The number of carbonyl (C=O) groups is 1. The summed E-state index contributed by atoms with van der Waals surface area (Å²) in [5.41, 5.74) is 5.46. The van der Waals surface area contributed by atoms with Crippen molar-refractivity contribution in [2.24, 2.45) is 5.73 Å². The molecular formula is C8H10N2O3. The van der Waals surface area contributed by atoms with E-state index in [4.69, 9.17) is 10.8 Å². The lowest BCUT2D eigenvalue weighted by molar-refractivity contribution is -0.137. The summed E-state index contributed by atoms with van der Waals surface area (Å²) < 4.78 is 0. The van der Waals surface area contributed by atoms with Crippen molar-refractivity contribution in [3.05, 3.63) is 34.2 Å². The van der Waals surface area contributed by atoms with Gasteiger partial charge in [-0.2, -0.15) is 0 Å². The summed E-state index contributed by atoms with van der Waals surface area (Å²) >= 11 is 0. The summed E-state index contributed by atoms with van der Waals surface area (Å²) in [6.45, 7) is 0. The lowest BCUT2D eigenvalue weighted by Gasteiger charge is -2.06. The van der Waals surface area contributed by atoms with Gasteiger partial charge < -0.3 is 15.8 Å². The van der Waals surface area contributed by atoms with Crippen molar-refractivity contribution in [1.29, 1.82) is 0 Å². The maximum atomic E-state index is 11.1. The van der Waals surface area contributed by atoms with Crippen LogP contribution in [0.2, 0.25) is 0 Å². The van der Waals surface area contributed by atoms with Gasteiger partial charge in [0, 0.05) is 17.8 Å². The predicted octanol–water partition coefficient (Wildman–Crippen LogP) is -0.151. The van der Waals surface area contributed by atoms with Crippen LogP contribution in [0.25, 0.3) is 0 Å². The number of hydrogen-bond acceptors (Lipinski definition) is 3. The molecule has 5 heteroatoms. The molecule has 0 aliphatic rings. The zero-order valence-electron chi connectivity index (χ0n) is 6.86. The van der Waals surface area contributed by atoms with E-state index in [0.29, 0.717) is 5.56 Å². The van der Waals surface area contributed by atoms with Gasteiger partial charge in [0.2, 0.25) is 0 Å². The number of carboxylic acids is 1. The molecule has 1 atom stereocenters. The average Bonchev–Trinajstić information content (AvgIpc) is 2.03. The third-order valence-electron chi connectivity index (χ3n) is 1.64. The monoisotopic (exact) mass is 182 g/mol. The number of aliphatic carboxylic acids is 1. The smallest absolute Gasteiger partial charge is 0.305 e. The number of hydrogen-bond donors (Lipinski definition) is 3. The van der Waals surface area contributed by atoms with Crippen LogP contribution < -0.4 is 11.3 Å². The molecule has 0 aliphatic carbocycles. The fraction of sp³-hybridized carbons (Fsp3) is 0.250. The van der Waals surface area contributed by atoms with E-state index in [1.807, 2.05) is 0 Å². The van der Waals surface area contributed by atoms with E-state index in [-0.39, 0.29) is 12.0 Å². The van der Waals surface area contributed by atoms with Crippen molar-refractivity contribution in [3.8, 4) is 0 Å². The fourth-order valence-corrected chi connectivity index (χ4v) is 1.02. The zero-order valence-corrected chi connectivity index (χ0v) is 6.86. The molecule has 0 fully saturated rings. The van der Waals surface area contributed by atoms with Crippen LogP contribution in [0.3, 0.4) is 0 Å². The number of nitrogens with one attached hydrogen (secondary N) is 1. The Morgan fingerprint density at radius 3 is 2.92 bits per heavy atom. The lowest BCUT2D eigenvalue weighted by Crippen LogP contribution is -2.23. The molecule has 4 N–H and O–H groups in total. The second kappa shape index (κ2) is 3.86. The van der Waals surface area contributed by atoms with Crippen LogP contribution in [0.5, 0.6) is 0 Å². The van der Waals surface area contributed by atoms with Crippen LogP contribution in [0, 0.1) is 0 Å². The molecule has 0 amide bonds. The molecule has 0 radical (unpaired) electrons. The molecule has 70 valence electrons.